The number of para-hydroxylation sites is 1. The molecule has 2 bridgehead atoms. The Bertz CT molecular complexity index is 787. The van der Waals surface area contributed by atoms with Gasteiger partial charge in [-0.05, 0) is 37.3 Å². The molecule has 144 valence electrons. The highest BCUT2D eigenvalue weighted by Crippen LogP contribution is 2.52. The molecule has 6 nitrogen and oxygen atoms in total. The molecule has 3 aliphatic carbocycles. The molecule has 0 radical (unpaired) electrons. The van der Waals surface area contributed by atoms with Crippen LogP contribution in [0, 0.1) is 17.8 Å². The van der Waals surface area contributed by atoms with E-state index in [1.807, 2.05) is 18.2 Å². The van der Waals surface area contributed by atoms with E-state index in [1.165, 1.54) is 0 Å². The summed E-state index contributed by atoms with van der Waals surface area (Å²) in [6.45, 7) is 0. The molecular weight excluding hydrogens is 364 g/mol. The smallest absolute Gasteiger partial charge is 0.258 e. The van der Waals surface area contributed by atoms with Crippen LogP contribution in [-0.2, 0) is 4.79 Å². The van der Waals surface area contributed by atoms with Crippen molar-refractivity contribution < 1.29 is 19.4 Å². The number of fused-ring (bicyclic) bond motifs is 3. The number of aliphatic hydroxyl groups is 1. The van der Waals surface area contributed by atoms with Gasteiger partial charge in [0.1, 0.15) is 5.75 Å². The molecule has 1 saturated heterocycles. The molecular formula is C20H24N2O4S. The van der Waals surface area contributed by atoms with E-state index in [0.717, 1.165) is 25.0 Å². The van der Waals surface area contributed by atoms with Gasteiger partial charge in [0.25, 0.3) is 5.91 Å². The van der Waals surface area contributed by atoms with Gasteiger partial charge in [0.05, 0.1) is 17.7 Å². The standard InChI is InChI=1S/C20H24N2O4S/c23-16-10-27-9-15(16)21-18(24)14-7-12-6-5-11(14)8-20(12)22-19(25)13-3-1-2-4-17(13)26-20/h1-4,11-12,14-16,23H,5-10H2,(H,21,24)(H,22,25)/t11-,12+,14+,15+,16+,20-/m1/s1. The van der Waals surface area contributed by atoms with Crippen LogP contribution in [0.25, 0.3) is 0 Å². The van der Waals surface area contributed by atoms with Crippen molar-refractivity contribution in [2.24, 2.45) is 17.8 Å². The second kappa shape index (κ2) is 6.41. The fourth-order valence-electron chi connectivity index (χ4n) is 5.25. The van der Waals surface area contributed by atoms with Crippen molar-refractivity contribution in [1.29, 1.82) is 0 Å². The van der Waals surface area contributed by atoms with Gasteiger partial charge in [-0.3, -0.25) is 9.59 Å². The van der Waals surface area contributed by atoms with E-state index in [4.69, 9.17) is 4.74 Å². The second-order valence-corrected chi connectivity index (χ2v) is 9.32. The Morgan fingerprint density at radius 3 is 2.89 bits per heavy atom. The molecule has 3 saturated carbocycles. The van der Waals surface area contributed by atoms with Crippen LogP contribution < -0.4 is 15.4 Å². The summed E-state index contributed by atoms with van der Waals surface area (Å²) in [5, 5.41) is 16.2. The Labute approximate surface area is 162 Å². The van der Waals surface area contributed by atoms with Crippen LogP contribution in [0.15, 0.2) is 24.3 Å². The molecule has 0 unspecified atom stereocenters. The number of benzene rings is 1. The first-order chi connectivity index (χ1) is 13.1. The van der Waals surface area contributed by atoms with E-state index < -0.39 is 11.8 Å². The molecule has 27 heavy (non-hydrogen) atoms. The lowest BCUT2D eigenvalue weighted by atomic mass is 9.60. The summed E-state index contributed by atoms with van der Waals surface area (Å²) in [6.07, 6.45) is 2.86. The highest BCUT2D eigenvalue weighted by atomic mass is 32.2. The molecule has 6 rings (SSSR count). The van der Waals surface area contributed by atoms with E-state index in [9.17, 15) is 14.7 Å². The van der Waals surface area contributed by atoms with Crippen molar-refractivity contribution >= 4 is 23.6 Å². The SMILES string of the molecule is O=C1N[C@]2(C[C@H]3CC[C@H]2C[C@@H]3C(=O)N[C@H]2CSC[C@@H]2O)Oc2ccccc21. The Morgan fingerprint density at radius 1 is 1.30 bits per heavy atom. The first-order valence-corrected chi connectivity index (χ1v) is 10.9. The van der Waals surface area contributed by atoms with E-state index in [2.05, 4.69) is 10.6 Å². The lowest BCUT2D eigenvalue weighted by Crippen LogP contribution is -2.67. The van der Waals surface area contributed by atoms with Gasteiger partial charge in [0.2, 0.25) is 5.91 Å². The molecule has 2 heterocycles. The van der Waals surface area contributed by atoms with Gasteiger partial charge in [0.15, 0.2) is 5.72 Å². The molecule has 4 fully saturated rings. The first-order valence-electron chi connectivity index (χ1n) is 9.72. The van der Waals surface area contributed by atoms with Gasteiger partial charge in [0, 0.05) is 29.8 Å². The average molecular weight is 388 g/mol. The van der Waals surface area contributed by atoms with Crippen LogP contribution in [0.2, 0.25) is 0 Å². The Morgan fingerprint density at radius 2 is 2.15 bits per heavy atom. The number of rotatable bonds is 2. The summed E-state index contributed by atoms with van der Waals surface area (Å²) >= 11 is 1.67. The normalized spacial score (nSPS) is 39.6. The number of carbonyl (C=O) groups excluding carboxylic acids is 2. The molecule has 6 atom stereocenters. The molecule has 1 spiro atoms. The van der Waals surface area contributed by atoms with Crippen molar-refractivity contribution in [2.45, 2.75) is 43.6 Å². The minimum Gasteiger partial charge on any atom is -0.467 e. The number of ether oxygens (including phenoxy) is 1. The van der Waals surface area contributed by atoms with Crippen LogP contribution in [0.4, 0.5) is 0 Å². The summed E-state index contributed by atoms with van der Waals surface area (Å²) in [5.74, 6) is 2.30. The maximum atomic E-state index is 12.9. The molecule has 7 heteroatoms. The molecule has 3 N–H and O–H groups in total. The third-order valence-electron chi connectivity index (χ3n) is 6.68. The summed E-state index contributed by atoms with van der Waals surface area (Å²) in [6, 6.07) is 7.20. The van der Waals surface area contributed by atoms with Crippen molar-refractivity contribution in [2.75, 3.05) is 11.5 Å². The summed E-state index contributed by atoms with van der Waals surface area (Å²) in [4.78, 5) is 25.5. The Hall–Kier alpha value is -1.73. The lowest BCUT2D eigenvalue weighted by molar-refractivity contribution is -0.147. The average Bonchev–Trinajstić information content (AvgIpc) is 3.06. The molecule has 1 aromatic rings. The quantitative estimate of drug-likeness (QED) is 0.715. The number of amides is 2. The zero-order valence-electron chi connectivity index (χ0n) is 15.0. The predicted molar refractivity (Wildman–Crippen MR) is 101 cm³/mol. The zero-order valence-corrected chi connectivity index (χ0v) is 15.8. The third kappa shape index (κ3) is 2.83. The highest BCUT2D eigenvalue weighted by Gasteiger charge is 2.57. The van der Waals surface area contributed by atoms with Crippen molar-refractivity contribution in [1.82, 2.24) is 10.6 Å². The van der Waals surface area contributed by atoms with Gasteiger partial charge in [-0.25, -0.2) is 0 Å². The van der Waals surface area contributed by atoms with Crippen molar-refractivity contribution in [3.05, 3.63) is 29.8 Å². The number of thioether (sulfide) groups is 1. The van der Waals surface area contributed by atoms with E-state index in [0.29, 0.717) is 23.5 Å². The number of nitrogens with one attached hydrogen (secondary N) is 2. The first kappa shape index (κ1) is 17.4. The minimum atomic E-state index is -0.687. The van der Waals surface area contributed by atoms with Crippen molar-refractivity contribution in [3.8, 4) is 5.75 Å². The van der Waals surface area contributed by atoms with Gasteiger partial charge in [-0.1, -0.05) is 12.1 Å². The fourth-order valence-corrected chi connectivity index (χ4v) is 6.42. The summed E-state index contributed by atoms with van der Waals surface area (Å²) < 4.78 is 6.34. The van der Waals surface area contributed by atoms with Crippen LogP contribution in [-0.4, -0.2) is 46.3 Å². The molecule has 2 amide bonds. The number of aliphatic hydroxyl groups excluding tert-OH is 1. The fraction of sp³-hybridized carbons (Fsp3) is 0.600. The Kier molecular flexibility index (Phi) is 4.13. The van der Waals surface area contributed by atoms with Crippen LogP contribution in [0.1, 0.15) is 36.0 Å². The monoisotopic (exact) mass is 388 g/mol. The van der Waals surface area contributed by atoms with Gasteiger partial charge < -0.3 is 20.5 Å². The zero-order chi connectivity index (χ0) is 18.6. The molecule has 0 aromatic heterocycles. The van der Waals surface area contributed by atoms with E-state index in [-0.39, 0.29) is 35.6 Å². The topological polar surface area (TPSA) is 87.7 Å². The lowest BCUT2D eigenvalue weighted by Gasteiger charge is -2.55. The number of carbonyl (C=O) groups is 2. The molecule has 2 aliphatic heterocycles. The largest absolute Gasteiger partial charge is 0.467 e. The van der Waals surface area contributed by atoms with Gasteiger partial charge in [-0.15, -0.1) is 0 Å². The maximum absolute atomic E-state index is 12.9. The predicted octanol–water partition coefficient (Wildman–Crippen LogP) is 1.53. The van der Waals surface area contributed by atoms with E-state index >= 15 is 0 Å². The number of hydrogen-bond acceptors (Lipinski definition) is 5. The van der Waals surface area contributed by atoms with Crippen LogP contribution >= 0.6 is 11.8 Å². The van der Waals surface area contributed by atoms with Gasteiger partial charge in [-0.2, -0.15) is 11.8 Å². The van der Waals surface area contributed by atoms with Crippen LogP contribution in [0.3, 0.4) is 0 Å². The second-order valence-electron chi connectivity index (χ2n) is 8.24. The maximum Gasteiger partial charge on any atom is 0.258 e. The Balaban J connectivity index is 1.33. The molecule has 1 aromatic carbocycles. The van der Waals surface area contributed by atoms with Crippen molar-refractivity contribution in [3.63, 3.8) is 0 Å². The number of hydrogen-bond donors (Lipinski definition) is 3. The van der Waals surface area contributed by atoms with E-state index in [1.54, 1.807) is 17.8 Å². The van der Waals surface area contributed by atoms with Crippen LogP contribution in [0.5, 0.6) is 5.75 Å². The highest BCUT2D eigenvalue weighted by molar-refractivity contribution is 7.99. The third-order valence-corrected chi connectivity index (χ3v) is 7.85. The summed E-state index contributed by atoms with van der Waals surface area (Å²) in [7, 11) is 0. The molecule has 5 aliphatic rings. The summed E-state index contributed by atoms with van der Waals surface area (Å²) in [5.41, 5.74) is -0.111. The minimum absolute atomic E-state index is 0.0497. The van der Waals surface area contributed by atoms with Gasteiger partial charge >= 0.3 is 0 Å².